The number of rotatable bonds is 7. The van der Waals surface area contributed by atoms with Crippen molar-refractivity contribution in [3.05, 3.63) is 87.6 Å². The topological polar surface area (TPSA) is 50.4 Å². The number of hydrogen-bond acceptors (Lipinski definition) is 3. The predicted molar refractivity (Wildman–Crippen MR) is 108 cm³/mol. The average molecular weight is 350 g/mol. The van der Waals surface area contributed by atoms with Gasteiger partial charge in [0.15, 0.2) is 0 Å². The van der Waals surface area contributed by atoms with Crippen molar-refractivity contribution in [3.8, 4) is 0 Å². The quantitative estimate of drug-likeness (QED) is 0.377. The molecule has 4 heteroatoms. The molecule has 0 amide bonds. The minimum absolute atomic E-state index is 0.572. The normalized spacial score (nSPS) is 11.6. The van der Waals surface area contributed by atoms with Gasteiger partial charge in [-0.1, -0.05) is 42.5 Å². The summed E-state index contributed by atoms with van der Waals surface area (Å²) in [5.41, 5.74) is 10.9. The van der Waals surface area contributed by atoms with Gasteiger partial charge in [-0.15, -0.1) is 11.3 Å². The molecule has 0 fully saturated rings. The third-order valence-corrected chi connectivity index (χ3v) is 5.02. The Labute approximate surface area is 153 Å². The fraction of sp³-hybridized carbons (Fsp3) is 0.190. The molecule has 0 spiro atoms. The number of aliphatic imine (C=N–C) groups is 1. The van der Waals surface area contributed by atoms with Crippen LogP contribution in [0.1, 0.15) is 21.6 Å². The van der Waals surface area contributed by atoms with Gasteiger partial charge in [0.2, 0.25) is 0 Å². The standard InChI is InChI=1S/C21H23N3S/c1-16-5-2-3-6-18(16)15-23-13-12-17-8-10-19(11-9-17)24-21(22)20-7-4-14-25-20/h2-11,14,23H,12-13,15H2,1H3,(H2,22,24). The molecule has 0 aliphatic rings. The molecule has 25 heavy (non-hydrogen) atoms. The van der Waals surface area contributed by atoms with Gasteiger partial charge in [0.1, 0.15) is 5.84 Å². The molecule has 3 N–H and O–H groups in total. The first-order valence-electron chi connectivity index (χ1n) is 8.44. The average Bonchev–Trinajstić information content (AvgIpc) is 3.16. The molecule has 3 nitrogen and oxygen atoms in total. The van der Waals surface area contributed by atoms with Crippen LogP contribution in [0.5, 0.6) is 0 Å². The predicted octanol–water partition coefficient (Wildman–Crippen LogP) is 4.43. The van der Waals surface area contributed by atoms with Crippen molar-refractivity contribution in [2.24, 2.45) is 10.7 Å². The molecule has 0 atom stereocenters. The molecule has 0 radical (unpaired) electrons. The van der Waals surface area contributed by atoms with Crippen LogP contribution in [-0.4, -0.2) is 12.4 Å². The van der Waals surface area contributed by atoms with Crippen molar-refractivity contribution in [1.29, 1.82) is 0 Å². The Bertz CT molecular complexity index is 821. The van der Waals surface area contributed by atoms with Crippen molar-refractivity contribution < 1.29 is 0 Å². The number of aryl methyl sites for hydroxylation is 1. The van der Waals surface area contributed by atoms with Gasteiger partial charge in [0.05, 0.1) is 10.6 Å². The second-order valence-electron chi connectivity index (χ2n) is 5.99. The lowest BCUT2D eigenvalue weighted by atomic mass is 10.1. The largest absolute Gasteiger partial charge is 0.383 e. The van der Waals surface area contributed by atoms with Gasteiger partial charge in [0.25, 0.3) is 0 Å². The SMILES string of the molecule is Cc1ccccc1CNCCc1ccc(N=C(N)c2cccs2)cc1. The van der Waals surface area contributed by atoms with Crippen LogP contribution in [0.15, 0.2) is 71.0 Å². The molecule has 1 heterocycles. The van der Waals surface area contributed by atoms with Gasteiger partial charge in [-0.2, -0.15) is 0 Å². The van der Waals surface area contributed by atoms with E-state index in [9.17, 15) is 0 Å². The van der Waals surface area contributed by atoms with Gasteiger partial charge < -0.3 is 11.1 Å². The summed E-state index contributed by atoms with van der Waals surface area (Å²) in [5.74, 6) is 0.572. The van der Waals surface area contributed by atoms with E-state index in [1.165, 1.54) is 16.7 Å². The van der Waals surface area contributed by atoms with E-state index in [1.807, 2.05) is 29.6 Å². The van der Waals surface area contributed by atoms with Crippen LogP contribution in [0, 0.1) is 6.92 Å². The summed E-state index contributed by atoms with van der Waals surface area (Å²) in [6.07, 6.45) is 0.996. The number of amidine groups is 1. The summed E-state index contributed by atoms with van der Waals surface area (Å²) in [5, 5.41) is 5.51. The second kappa shape index (κ2) is 8.60. The molecule has 0 saturated carbocycles. The second-order valence-corrected chi connectivity index (χ2v) is 6.94. The smallest absolute Gasteiger partial charge is 0.141 e. The first-order chi connectivity index (χ1) is 12.2. The van der Waals surface area contributed by atoms with E-state index in [-0.39, 0.29) is 0 Å². The van der Waals surface area contributed by atoms with Gasteiger partial charge in [0, 0.05) is 6.54 Å². The van der Waals surface area contributed by atoms with Crippen molar-refractivity contribution in [1.82, 2.24) is 5.32 Å². The molecule has 3 rings (SSSR count). The number of nitrogens with zero attached hydrogens (tertiary/aromatic N) is 1. The van der Waals surface area contributed by atoms with Crippen molar-refractivity contribution in [3.63, 3.8) is 0 Å². The summed E-state index contributed by atoms with van der Waals surface area (Å²) in [4.78, 5) is 5.48. The molecule has 0 saturated heterocycles. The highest BCUT2D eigenvalue weighted by Crippen LogP contribution is 2.16. The zero-order valence-electron chi connectivity index (χ0n) is 14.4. The minimum Gasteiger partial charge on any atom is -0.383 e. The highest BCUT2D eigenvalue weighted by molar-refractivity contribution is 7.12. The zero-order chi connectivity index (χ0) is 17.5. The molecule has 0 aliphatic carbocycles. The molecule has 0 bridgehead atoms. The Morgan fingerprint density at radius 3 is 2.56 bits per heavy atom. The summed E-state index contributed by atoms with van der Waals surface area (Å²) in [7, 11) is 0. The van der Waals surface area contributed by atoms with Crippen LogP contribution in [0.4, 0.5) is 5.69 Å². The van der Waals surface area contributed by atoms with E-state index in [1.54, 1.807) is 11.3 Å². The van der Waals surface area contributed by atoms with Crippen LogP contribution >= 0.6 is 11.3 Å². The van der Waals surface area contributed by atoms with E-state index < -0.39 is 0 Å². The van der Waals surface area contributed by atoms with Crippen LogP contribution in [0.2, 0.25) is 0 Å². The Morgan fingerprint density at radius 1 is 1.04 bits per heavy atom. The lowest BCUT2D eigenvalue weighted by Gasteiger charge is -2.08. The van der Waals surface area contributed by atoms with Gasteiger partial charge in [-0.25, -0.2) is 4.99 Å². The minimum atomic E-state index is 0.572. The molecular formula is C21H23N3S. The monoisotopic (exact) mass is 349 g/mol. The summed E-state index contributed by atoms with van der Waals surface area (Å²) < 4.78 is 0. The van der Waals surface area contributed by atoms with E-state index in [0.29, 0.717) is 5.84 Å². The molecular weight excluding hydrogens is 326 g/mol. The lowest BCUT2D eigenvalue weighted by Crippen LogP contribution is -2.17. The van der Waals surface area contributed by atoms with Crippen LogP contribution in [0.3, 0.4) is 0 Å². The maximum Gasteiger partial charge on any atom is 0.141 e. The maximum absolute atomic E-state index is 6.03. The van der Waals surface area contributed by atoms with Crippen molar-refractivity contribution in [2.75, 3.05) is 6.54 Å². The van der Waals surface area contributed by atoms with Crippen molar-refractivity contribution >= 4 is 22.9 Å². The van der Waals surface area contributed by atoms with Crippen molar-refractivity contribution in [2.45, 2.75) is 19.9 Å². The van der Waals surface area contributed by atoms with Crippen LogP contribution in [-0.2, 0) is 13.0 Å². The number of benzene rings is 2. The molecule has 0 unspecified atom stereocenters. The third-order valence-electron chi connectivity index (χ3n) is 4.13. The molecule has 3 aromatic rings. The van der Waals surface area contributed by atoms with Gasteiger partial charge in [-0.3, -0.25) is 0 Å². The van der Waals surface area contributed by atoms with Gasteiger partial charge in [-0.05, 0) is 60.2 Å². The summed E-state index contributed by atoms with van der Waals surface area (Å²) in [6, 6.07) is 20.7. The van der Waals surface area contributed by atoms with E-state index in [0.717, 1.165) is 30.1 Å². The number of nitrogens with two attached hydrogens (primary N) is 1. The maximum atomic E-state index is 6.03. The fourth-order valence-corrected chi connectivity index (χ4v) is 3.25. The highest BCUT2D eigenvalue weighted by Gasteiger charge is 2.00. The van der Waals surface area contributed by atoms with Crippen LogP contribution in [0.25, 0.3) is 0 Å². The Kier molecular flexibility index (Phi) is 5.99. The summed E-state index contributed by atoms with van der Waals surface area (Å²) in [6.45, 7) is 4.01. The number of nitrogens with one attached hydrogen (secondary N) is 1. The summed E-state index contributed by atoms with van der Waals surface area (Å²) >= 11 is 1.60. The molecule has 1 aromatic heterocycles. The van der Waals surface area contributed by atoms with Crippen LogP contribution < -0.4 is 11.1 Å². The Morgan fingerprint density at radius 2 is 1.84 bits per heavy atom. The Balaban J connectivity index is 1.49. The third kappa shape index (κ3) is 5.02. The zero-order valence-corrected chi connectivity index (χ0v) is 15.2. The molecule has 0 aliphatic heterocycles. The first kappa shape index (κ1) is 17.4. The fourth-order valence-electron chi connectivity index (χ4n) is 2.62. The van der Waals surface area contributed by atoms with Gasteiger partial charge >= 0.3 is 0 Å². The molecule has 2 aromatic carbocycles. The van der Waals surface area contributed by atoms with E-state index >= 15 is 0 Å². The van der Waals surface area contributed by atoms with E-state index in [4.69, 9.17) is 5.73 Å². The highest BCUT2D eigenvalue weighted by atomic mass is 32.1. The molecule has 128 valence electrons. The Hall–Kier alpha value is -2.43. The van der Waals surface area contributed by atoms with E-state index in [2.05, 4.69) is 53.6 Å². The number of thiophene rings is 1. The first-order valence-corrected chi connectivity index (χ1v) is 9.32. The lowest BCUT2D eigenvalue weighted by molar-refractivity contribution is 0.684. The number of hydrogen-bond donors (Lipinski definition) is 2.